The van der Waals surface area contributed by atoms with E-state index in [1.807, 2.05) is 0 Å². The molecule has 0 saturated carbocycles. The molecule has 2 nitrogen and oxygen atoms in total. The van der Waals surface area contributed by atoms with Crippen LogP contribution >= 0.6 is 11.6 Å². The Labute approximate surface area is 113 Å². The van der Waals surface area contributed by atoms with Gasteiger partial charge >= 0.3 is 0 Å². The first-order valence-corrected chi connectivity index (χ1v) is 6.81. The number of nitrogens with two attached hydrogens (primary N) is 1. The van der Waals surface area contributed by atoms with Crippen molar-refractivity contribution in [1.29, 1.82) is 0 Å². The quantitative estimate of drug-likeness (QED) is 0.914. The zero-order valence-corrected chi connectivity index (χ0v) is 11.6. The van der Waals surface area contributed by atoms with E-state index in [1.165, 1.54) is 6.07 Å². The predicted molar refractivity (Wildman–Crippen MR) is 73.2 cm³/mol. The lowest BCUT2D eigenvalue weighted by Crippen LogP contribution is -2.33. The Balaban J connectivity index is 2.24. The monoisotopic (exact) mass is 270 g/mol. The molecule has 2 rings (SSSR count). The Morgan fingerprint density at radius 1 is 1.50 bits per heavy atom. The molecule has 0 aromatic heterocycles. The van der Waals surface area contributed by atoms with Gasteiger partial charge in [0.05, 0.1) is 5.02 Å². The Hall–Kier alpha value is -0.640. The molecule has 2 unspecified atom stereocenters. The van der Waals surface area contributed by atoms with Crippen LogP contribution in [0.3, 0.4) is 0 Å². The number of halogens is 2. The third-order valence-electron chi connectivity index (χ3n) is 3.43. The van der Waals surface area contributed by atoms with Crippen LogP contribution in [-0.4, -0.2) is 24.0 Å². The molecule has 0 radical (unpaired) electrons. The van der Waals surface area contributed by atoms with Gasteiger partial charge in [-0.2, -0.15) is 0 Å². The molecule has 0 amide bonds. The van der Waals surface area contributed by atoms with Crippen LogP contribution in [0.1, 0.15) is 31.9 Å². The van der Waals surface area contributed by atoms with Gasteiger partial charge in [0.2, 0.25) is 0 Å². The van der Waals surface area contributed by atoms with Crippen molar-refractivity contribution in [2.24, 2.45) is 11.7 Å². The summed E-state index contributed by atoms with van der Waals surface area (Å²) < 4.78 is 13.2. The molecule has 18 heavy (non-hydrogen) atoms. The van der Waals surface area contributed by atoms with Crippen LogP contribution < -0.4 is 5.73 Å². The largest absolute Gasteiger partial charge is 0.326 e. The molecule has 4 heteroatoms. The van der Waals surface area contributed by atoms with Crippen molar-refractivity contribution in [2.75, 3.05) is 13.1 Å². The summed E-state index contributed by atoms with van der Waals surface area (Å²) in [5.41, 5.74) is 7.21. The summed E-state index contributed by atoms with van der Waals surface area (Å²) in [5, 5.41) is 0.177. The fourth-order valence-electron chi connectivity index (χ4n) is 2.71. The summed E-state index contributed by atoms with van der Waals surface area (Å²) in [6.45, 7) is 6.39. The summed E-state index contributed by atoms with van der Waals surface area (Å²) in [6, 6.07) is 5.19. The number of nitrogens with zero attached hydrogens (tertiary/aromatic N) is 1. The molecule has 1 heterocycles. The van der Waals surface area contributed by atoms with E-state index >= 15 is 0 Å². The maximum absolute atomic E-state index is 13.2. The molecule has 0 spiro atoms. The molecule has 1 aliphatic heterocycles. The topological polar surface area (TPSA) is 29.3 Å². The van der Waals surface area contributed by atoms with Gasteiger partial charge < -0.3 is 5.73 Å². The molecule has 1 aromatic carbocycles. The van der Waals surface area contributed by atoms with Gasteiger partial charge in [-0.3, -0.25) is 4.90 Å². The smallest absolute Gasteiger partial charge is 0.141 e. The minimum Gasteiger partial charge on any atom is -0.326 e. The van der Waals surface area contributed by atoms with Gasteiger partial charge in [0.1, 0.15) is 5.82 Å². The molecule has 1 fully saturated rings. The summed E-state index contributed by atoms with van der Waals surface area (Å²) in [6.07, 6.45) is 0.979. The van der Waals surface area contributed by atoms with Gasteiger partial charge in [0.25, 0.3) is 0 Å². The molecule has 1 aromatic rings. The highest BCUT2D eigenvalue weighted by molar-refractivity contribution is 6.30. The van der Waals surface area contributed by atoms with Crippen molar-refractivity contribution in [2.45, 2.75) is 32.4 Å². The Morgan fingerprint density at radius 2 is 2.22 bits per heavy atom. The highest BCUT2D eigenvalue weighted by Gasteiger charge is 2.33. The fourth-order valence-corrected chi connectivity index (χ4v) is 2.90. The van der Waals surface area contributed by atoms with E-state index in [1.54, 1.807) is 12.1 Å². The predicted octanol–water partition coefficient (Wildman–Crippen LogP) is 3.21. The molecule has 1 aliphatic rings. The lowest BCUT2D eigenvalue weighted by Gasteiger charge is -2.28. The molecular formula is C14H20ClFN2. The van der Waals surface area contributed by atoms with Crippen LogP contribution in [0.2, 0.25) is 5.02 Å². The Bertz CT molecular complexity index is 422. The maximum Gasteiger partial charge on any atom is 0.141 e. The second kappa shape index (κ2) is 5.55. The van der Waals surface area contributed by atoms with E-state index < -0.39 is 0 Å². The summed E-state index contributed by atoms with van der Waals surface area (Å²) >= 11 is 5.86. The van der Waals surface area contributed by atoms with E-state index in [0.717, 1.165) is 25.1 Å². The third kappa shape index (κ3) is 2.85. The number of hydrogen-bond donors (Lipinski definition) is 1. The highest BCUT2D eigenvalue weighted by Crippen LogP contribution is 2.33. The van der Waals surface area contributed by atoms with Crippen molar-refractivity contribution >= 4 is 11.6 Å². The molecule has 100 valence electrons. The van der Waals surface area contributed by atoms with Crippen molar-refractivity contribution in [1.82, 2.24) is 4.90 Å². The Kier molecular flexibility index (Phi) is 4.25. The van der Waals surface area contributed by atoms with E-state index in [4.69, 9.17) is 17.3 Å². The van der Waals surface area contributed by atoms with Crippen LogP contribution in [0.5, 0.6) is 0 Å². The van der Waals surface area contributed by atoms with Gasteiger partial charge in [0.15, 0.2) is 0 Å². The molecule has 2 N–H and O–H groups in total. The van der Waals surface area contributed by atoms with Gasteiger partial charge in [0, 0.05) is 25.2 Å². The number of hydrogen-bond acceptors (Lipinski definition) is 2. The van der Waals surface area contributed by atoms with Crippen LogP contribution in [0.15, 0.2) is 18.2 Å². The van der Waals surface area contributed by atoms with Crippen molar-refractivity contribution in [3.63, 3.8) is 0 Å². The van der Waals surface area contributed by atoms with Gasteiger partial charge in [-0.05, 0) is 30.0 Å². The van der Waals surface area contributed by atoms with E-state index in [9.17, 15) is 4.39 Å². The molecule has 0 bridgehead atoms. The van der Waals surface area contributed by atoms with E-state index in [2.05, 4.69) is 18.7 Å². The fraction of sp³-hybridized carbons (Fsp3) is 0.571. The van der Waals surface area contributed by atoms with Crippen molar-refractivity contribution in [3.8, 4) is 0 Å². The van der Waals surface area contributed by atoms with Crippen molar-refractivity contribution < 1.29 is 4.39 Å². The summed E-state index contributed by atoms with van der Waals surface area (Å²) in [7, 11) is 0. The SMILES string of the molecule is CC(C)CN1CCC(N)C1c1ccc(F)c(Cl)c1. The second-order valence-electron chi connectivity index (χ2n) is 5.46. The number of rotatable bonds is 3. The zero-order valence-electron chi connectivity index (χ0n) is 10.9. The first kappa shape index (κ1) is 13.8. The minimum atomic E-state index is -0.373. The molecular weight excluding hydrogens is 251 g/mol. The maximum atomic E-state index is 13.2. The third-order valence-corrected chi connectivity index (χ3v) is 3.72. The lowest BCUT2D eigenvalue weighted by molar-refractivity contribution is 0.221. The van der Waals surface area contributed by atoms with Gasteiger partial charge in [-0.15, -0.1) is 0 Å². The minimum absolute atomic E-state index is 0.102. The summed E-state index contributed by atoms with van der Waals surface area (Å²) in [4.78, 5) is 2.37. The lowest BCUT2D eigenvalue weighted by atomic mass is 10.00. The molecule has 0 aliphatic carbocycles. The van der Waals surface area contributed by atoms with Crippen LogP contribution in [0.4, 0.5) is 4.39 Å². The average Bonchev–Trinajstić information content (AvgIpc) is 2.63. The summed E-state index contributed by atoms with van der Waals surface area (Å²) in [5.74, 6) is 0.219. The standard InChI is InChI=1S/C14H20ClFN2/c1-9(2)8-18-6-5-13(17)14(18)10-3-4-12(16)11(15)7-10/h3-4,7,9,13-14H,5-6,8,17H2,1-2H3. The first-order chi connectivity index (χ1) is 8.49. The second-order valence-corrected chi connectivity index (χ2v) is 5.87. The van der Waals surface area contributed by atoms with E-state index in [0.29, 0.717) is 5.92 Å². The van der Waals surface area contributed by atoms with Crippen LogP contribution in [0.25, 0.3) is 0 Å². The zero-order chi connectivity index (χ0) is 13.3. The number of likely N-dealkylation sites (tertiary alicyclic amines) is 1. The van der Waals surface area contributed by atoms with Gasteiger partial charge in [-0.1, -0.05) is 31.5 Å². The van der Waals surface area contributed by atoms with Crippen LogP contribution in [-0.2, 0) is 0 Å². The molecule has 2 atom stereocenters. The highest BCUT2D eigenvalue weighted by atomic mass is 35.5. The Morgan fingerprint density at radius 3 is 2.83 bits per heavy atom. The number of benzene rings is 1. The molecule has 1 saturated heterocycles. The average molecular weight is 271 g/mol. The van der Waals surface area contributed by atoms with Gasteiger partial charge in [-0.25, -0.2) is 4.39 Å². The first-order valence-electron chi connectivity index (χ1n) is 6.43. The van der Waals surface area contributed by atoms with E-state index in [-0.39, 0.29) is 22.9 Å². The van der Waals surface area contributed by atoms with Crippen LogP contribution in [0, 0.1) is 11.7 Å². The normalized spacial score (nSPS) is 25.0. The van der Waals surface area contributed by atoms with Crippen molar-refractivity contribution in [3.05, 3.63) is 34.6 Å².